The van der Waals surface area contributed by atoms with Crippen molar-refractivity contribution in [3.63, 3.8) is 0 Å². The molecule has 0 bridgehead atoms. The third-order valence-electron chi connectivity index (χ3n) is 5.39. The standard InChI is InChI=1S/C21H21P.C8H18OSi2.Ni/c1-16-4-10-19(11-5-16)22(20-12-6-17(2)7-13-20)21-14-8-18(3)9-15-21;1-7-10(3,4)9-11(5,6)8-2;/h4-15H,1-3H3;7-8H,1-2H2,3-6H3;. The van der Waals surface area contributed by atoms with Gasteiger partial charge in [-0.1, -0.05) is 101 Å². The number of rotatable bonds is 7. The maximum Gasteiger partial charge on any atom is 0.198 e. The van der Waals surface area contributed by atoms with Crippen LogP contribution in [0.1, 0.15) is 16.7 Å². The summed E-state index contributed by atoms with van der Waals surface area (Å²) in [5.41, 5.74) is 7.86. The zero-order valence-corrected chi connectivity index (χ0v) is 25.6. The third kappa shape index (κ3) is 9.60. The first kappa shape index (κ1) is 30.5. The Kier molecular flexibility index (Phi) is 12.1. The van der Waals surface area contributed by atoms with Crippen molar-refractivity contribution in [2.45, 2.75) is 47.0 Å². The molecule has 0 saturated heterocycles. The van der Waals surface area contributed by atoms with Crippen molar-refractivity contribution in [2.75, 3.05) is 0 Å². The molecular weight excluding hydrogens is 510 g/mol. The molecule has 0 aliphatic rings. The van der Waals surface area contributed by atoms with Crippen LogP contribution in [-0.4, -0.2) is 16.6 Å². The molecule has 0 unspecified atom stereocenters. The van der Waals surface area contributed by atoms with Gasteiger partial charge in [0.15, 0.2) is 16.6 Å². The van der Waals surface area contributed by atoms with Crippen LogP contribution >= 0.6 is 7.92 Å². The first-order valence-electron chi connectivity index (χ1n) is 11.4. The molecule has 1 nitrogen and oxygen atoms in total. The van der Waals surface area contributed by atoms with E-state index in [1.165, 1.54) is 32.6 Å². The van der Waals surface area contributed by atoms with Crippen LogP contribution in [-0.2, 0) is 20.6 Å². The number of hydrogen-bond acceptors (Lipinski definition) is 1. The average Bonchev–Trinajstić information content (AvgIpc) is 2.78. The van der Waals surface area contributed by atoms with Gasteiger partial charge in [-0.25, -0.2) is 0 Å². The maximum absolute atomic E-state index is 5.97. The molecule has 0 aliphatic carbocycles. The number of aryl methyl sites for hydroxylation is 3. The summed E-state index contributed by atoms with van der Waals surface area (Å²) in [6.07, 6.45) is 0. The van der Waals surface area contributed by atoms with Crippen molar-refractivity contribution in [1.29, 1.82) is 0 Å². The van der Waals surface area contributed by atoms with E-state index in [0.29, 0.717) is 0 Å². The molecule has 3 aromatic carbocycles. The van der Waals surface area contributed by atoms with E-state index in [2.05, 4.69) is 133 Å². The molecular formula is C29H39NiOPSi2. The quantitative estimate of drug-likeness (QED) is 0.223. The summed E-state index contributed by atoms with van der Waals surface area (Å²) in [6.45, 7) is 22.6. The SMILES string of the molecule is C=C[Si](C)(C)O[Si](C)(C)C=C.Cc1ccc(P(c2ccc(C)cc2)c2ccc(C)cc2)cc1.[Ni]. The molecule has 0 fully saturated rings. The molecule has 3 rings (SSSR count). The van der Waals surface area contributed by atoms with E-state index in [9.17, 15) is 0 Å². The van der Waals surface area contributed by atoms with E-state index in [1.807, 2.05) is 11.4 Å². The van der Waals surface area contributed by atoms with E-state index in [-0.39, 0.29) is 16.5 Å². The predicted octanol–water partition coefficient (Wildman–Crippen LogP) is 7.23. The van der Waals surface area contributed by atoms with Crippen LogP contribution in [0.4, 0.5) is 0 Å². The van der Waals surface area contributed by atoms with E-state index >= 15 is 0 Å². The second-order valence-electron chi connectivity index (χ2n) is 9.56. The Morgan fingerprint density at radius 2 is 0.794 bits per heavy atom. The van der Waals surface area contributed by atoms with Gasteiger partial charge in [-0.2, -0.15) is 0 Å². The van der Waals surface area contributed by atoms with Gasteiger partial charge in [-0.3, -0.25) is 0 Å². The largest absolute Gasteiger partial charge is 0.449 e. The molecule has 0 amide bonds. The van der Waals surface area contributed by atoms with Crippen LogP contribution in [0.15, 0.2) is 97.4 Å². The van der Waals surface area contributed by atoms with E-state index in [0.717, 1.165) is 0 Å². The van der Waals surface area contributed by atoms with Crippen LogP contribution in [0.5, 0.6) is 0 Å². The van der Waals surface area contributed by atoms with Gasteiger partial charge in [-0.05, 0) is 70.8 Å². The molecule has 3 aromatic rings. The maximum atomic E-state index is 5.97. The predicted molar refractivity (Wildman–Crippen MR) is 156 cm³/mol. The number of hydrogen-bond donors (Lipinski definition) is 0. The van der Waals surface area contributed by atoms with Crippen LogP contribution in [0.25, 0.3) is 0 Å². The van der Waals surface area contributed by atoms with Gasteiger partial charge in [0, 0.05) is 16.5 Å². The summed E-state index contributed by atoms with van der Waals surface area (Å²) in [5.74, 6) is 0. The van der Waals surface area contributed by atoms with Gasteiger partial charge in [0.2, 0.25) is 0 Å². The van der Waals surface area contributed by atoms with Crippen LogP contribution in [0, 0.1) is 20.8 Å². The minimum absolute atomic E-state index is 0. The van der Waals surface area contributed by atoms with Crippen molar-refractivity contribution >= 4 is 40.5 Å². The Morgan fingerprint density at radius 3 is 1.00 bits per heavy atom. The fraction of sp³-hybridized carbons (Fsp3) is 0.241. The molecule has 0 saturated carbocycles. The van der Waals surface area contributed by atoms with Crippen molar-refractivity contribution < 1.29 is 20.6 Å². The zero-order chi connectivity index (χ0) is 24.6. The summed E-state index contributed by atoms with van der Waals surface area (Å²) in [7, 11) is -3.64. The molecule has 0 atom stereocenters. The minimum Gasteiger partial charge on any atom is -0.449 e. The summed E-state index contributed by atoms with van der Waals surface area (Å²) < 4.78 is 5.97. The molecule has 184 valence electrons. The second-order valence-corrected chi connectivity index (χ2v) is 19.8. The normalized spacial score (nSPS) is 11.2. The molecule has 0 radical (unpaired) electrons. The molecule has 34 heavy (non-hydrogen) atoms. The molecule has 5 heteroatoms. The number of benzene rings is 3. The summed E-state index contributed by atoms with van der Waals surface area (Å²) >= 11 is 0. The van der Waals surface area contributed by atoms with Gasteiger partial charge in [0.1, 0.15) is 0 Å². The molecule has 0 spiro atoms. The Labute approximate surface area is 221 Å². The van der Waals surface area contributed by atoms with Crippen molar-refractivity contribution in [1.82, 2.24) is 0 Å². The van der Waals surface area contributed by atoms with Gasteiger partial charge < -0.3 is 4.12 Å². The first-order chi connectivity index (χ1) is 15.5. The van der Waals surface area contributed by atoms with Gasteiger partial charge in [0.25, 0.3) is 0 Å². The summed E-state index contributed by atoms with van der Waals surface area (Å²) in [5, 5.41) is 4.23. The zero-order valence-electron chi connectivity index (χ0n) is 21.7. The van der Waals surface area contributed by atoms with E-state index < -0.39 is 24.6 Å². The monoisotopic (exact) mass is 548 g/mol. The molecule has 0 aromatic heterocycles. The van der Waals surface area contributed by atoms with E-state index in [4.69, 9.17) is 4.12 Å². The van der Waals surface area contributed by atoms with Crippen LogP contribution in [0.3, 0.4) is 0 Å². The van der Waals surface area contributed by atoms with Gasteiger partial charge in [-0.15, -0.1) is 13.2 Å². The van der Waals surface area contributed by atoms with Crippen molar-refractivity contribution in [2.24, 2.45) is 0 Å². The van der Waals surface area contributed by atoms with Gasteiger partial charge >= 0.3 is 0 Å². The van der Waals surface area contributed by atoms with Crippen LogP contribution in [0.2, 0.25) is 26.2 Å². The third-order valence-corrected chi connectivity index (χ3v) is 14.0. The van der Waals surface area contributed by atoms with Crippen LogP contribution < -0.4 is 15.9 Å². The fourth-order valence-electron chi connectivity index (χ4n) is 3.29. The Balaban J connectivity index is 0.000000414. The van der Waals surface area contributed by atoms with Crippen molar-refractivity contribution in [3.8, 4) is 0 Å². The smallest absolute Gasteiger partial charge is 0.198 e. The molecule has 0 N–H and O–H groups in total. The Hall–Kier alpha value is -1.54. The Bertz CT molecular complexity index is 917. The fourth-order valence-corrected chi connectivity index (χ4v) is 11.6. The van der Waals surface area contributed by atoms with Crippen molar-refractivity contribution in [3.05, 3.63) is 114 Å². The molecule has 0 heterocycles. The second kappa shape index (κ2) is 13.5. The van der Waals surface area contributed by atoms with E-state index in [1.54, 1.807) is 0 Å². The average molecular weight is 549 g/mol. The molecule has 0 aliphatic heterocycles. The first-order valence-corrected chi connectivity index (χ1v) is 18.7. The topological polar surface area (TPSA) is 9.23 Å². The van der Waals surface area contributed by atoms with Gasteiger partial charge in [0.05, 0.1) is 0 Å². The Morgan fingerprint density at radius 1 is 0.559 bits per heavy atom. The minimum atomic E-state index is -1.58. The summed E-state index contributed by atoms with van der Waals surface area (Å²) in [6, 6.07) is 27.0. The summed E-state index contributed by atoms with van der Waals surface area (Å²) in [4.78, 5) is 0.